The number of nitrogens with zero attached hydrogens (tertiary/aromatic N) is 5. The normalized spacial score (nSPS) is 11.6. The molecule has 0 fully saturated rings. The van der Waals surface area contributed by atoms with Gasteiger partial charge in [-0.15, -0.1) is 0 Å². The maximum atomic E-state index is 6.18. The minimum atomic E-state index is 0.522. The second-order valence-electron chi connectivity index (χ2n) is 10.4. The van der Waals surface area contributed by atoms with E-state index in [4.69, 9.17) is 18.2 Å². The summed E-state index contributed by atoms with van der Waals surface area (Å²) < 4.78 is 19.9. The van der Waals surface area contributed by atoms with E-state index in [2.05, 4.69) is 49.9 Å². The molecule has 0 aliphatic heterocycles. The van der Waals surface area contributed by atoms with E-state index in [1.54, 1.807) is 31.1 Å². The van der Waals surface area contributed by atoms with E-state index in [0.717, 1.165) is 66.5 Å². The summed E-state index contributed by atoms with van der Waals surface area (Å²) in [5, 5.41) is 2.09. The number of hydrogen-bond acceptors (Lipinski definition) is 7. The molecule has 5 aromatic heterocycles. The fraction of sp³-hybridized carbons (Fsp3) is 0. The SMILES string of the molecule is c1ccc(-c2ccc(-c3ncco3)c(-n3c4ccc(-c5ncco5)cc4c4ccc(-c5nc6ccccc6o5)cc43)c2)nc1. The molecule has 0 unspecified atom stereocenters. The molecule has 0 aliphatic rings. The molecular weight excluding hydrogens is 550 g/mol. The van der Waals surface area contributed by atoms with Crippen molar-refractivity contribution >= 4 is 32.9 Å². The molecule has 0 bridgehead atoms. The molecule has 5 heterocycles. The van der Waals surface area contributed by atoms with Crippen LogP contribution >= 0.6 is 0 Å². The van der Waals surface area contributed by atoms with Crippen LogP contribution in [0, 0.1) is 0 Å². The van der Waals surface area contributed by atoms with Crippen molar-refractivity contribution in [3.05, 3.63) is 128 Å². The highest BCUT2D eigenvalue weighted by atomic mass is 16.4. The lowest BCUT2D eigenvalue weighted by Crippen LogP contribution is -1.99. The topological polar surface area (TPSA) is 95.9 Å². The van der Waals surface area contributed by atoms with Crippen LogP contribution in [-0.2, 0) is 0 Å². The van der Waals surface area contributed by atoms with Crippen LogP contribution in [-0.4, -0.2) is 24.5 Å². The third kappa shape index (κ3) is 3.85. The van der Waals surface area contributed by atoms with Gasteiger partial charge in [0.15, 0.2) is 5.58 Å². The van der Waals surface area contributed by atoms with Crippen LogP contribution in [0.3, 0.4) is 0 Å². The van der Waals surface area contributed by atoms with Gasteiger partial charge in [-0.2, -0.15) is 0 Å². The maximum Gasteiger partial charge on any atom is 0.227 e. The third-order valence-corrected chi connectivity index (χ3v) is 7.85. The van der Waals surface area contributed by atoms with Crippen LogP contribution in [0.1, 0.15) is 0 Å². The molecule has 0 spiro atoms. The molecule has 0 atom stereocenters. The van der Waals surface area contributed by atoms with E-state index >= 15 is 0 Å². The summed E-state index contributed by atoms with van der Waals surface area (Å²) in [5.41, 5.74) is 8.85. The van der Waals surface area contributed by atoms with Crippen LogP contribution in [0.2, 0.25) is 0 Å². The van der Waals surface area contributed by atoms with Crippen molar-refractivity contribution in [2.45, 2.75) is 0 Å². The van der Waals surface area contributed by atoms with Crippen molar-refractivity contribution in [1.82, 2.24) is 24.5 Å². The monoisotopic (exact) mass is 571 g/mol. The Labute approximate surface area is 249 Å². The summed E-state index contributed by atoms with van der Waals surface area (Å²) in [6, 6.07) is 32.4. The van der Waals surface area contributed by atoms with Crippen LogP contribution < -0.4 is 0 Å². The molecule has 8 heteroatoms. The van der Waals surface area contributed by atoms with Crippen molar-refractivity contribution in [3.8, 4) is 51.3 Å². The summed E-state index contributed by atoms with van der Waals surface area (Å²) in [5.74, 6) is 1.64. The van der Waals surface area contributed by atoms with Crippen molar-refractivity contribution in [1.29, 1.82) is 0 Å². The quantitative estimate of drug-likeness (QED) is 0.203. The number of rotatable bonds is 5. The number of para-hydroxylation sites is 2. The molecule has 8 nitrogen and oxygen atoms in total. The first kappa shape index (κ1) is 24.3. The Morgan fingerprint density at radius 1 is 0.545 bits per heavy atom. The Kier molecular flexibility index (Phi) is 5.33. The molecule has 4 aromatic carbocycles. The van der Waals surface area contributed by atoms with E-state index in [9.17, 15) is 0 Å². The second-order valence-corrected chi connectivity index (χ2v) is 10.4. The third-order valence-electron chi connectivity index (χ3n) is 7.85. The molecule has 9 rings (SSSR count). The fourth-order valence-corrected chi connectivity index (χ4v) is 5.86. The first-order valence-electron chi connectivity index (χ1n) is 14.1. The summed E-state index contributed by atoms with van der Waals surface area (Å²) in [6.45, 7) is 0. The number of aromatic nitrogens is 5. The predicted molar refractivity (Wildman–Crippen MR) is 168 cm³/mol. The van der Waals surface area contributed by atoms with Gasteiger partial charge in [-0.05, 0) is 66.7 Å². The van der Waals surface area contributed by atoms with Crippen LogP contribution in [0.5, 0.6) is 0 Å². The molecule has 0 aliphatic carbocycles. The predicted octanol–water partition coefficient (Wildman–Crippen LogP) is 8.96. The maximum absolute atomic E-state index is 6.18. The Morgan fingerprint density at radius 2 is 1.34 bits per heavy atom. The molecular formula is C36H21N5O3. The standard InChI is InChI=1S/C36H21N5O3/c1-2-7-33-29(6-1)40-35(44-33)24-9-11-25-27-19-23(34-38-15-17-42-34)10-13-30(27)41(31(25)21-24)32-20-22(28-5-3-4-14-37-28)8-12-26(32)36-39-16-18-43-36/h1-21H. The molecule has 9 aromatic rings. The average Bonchev–Trinajstić information content (AvgIpc) is 3.90. The number of fused-ring (bicyclic) bond motifs is 4. The molecule has 0 N–H and O–H groups in total. The highest BCUT2D eigenvalue weighted by Crippen LogP contribution is 2.40. The van der Waals surface area contributed by atoms with E-state index in [1.165, 1.54) is 0 Å². The summed E-state index contributed by atoms with van der Waals surface area (Å²) in [7, 11) is 0. The second kappa shape index (κ2) is 9.64. The summed E-state index contributed by atoms with van der Waals surface area (Å²) >= 11 is 0. The number of hydrogen-bond donors (Lipinski definition) is 0. The molecule has 0 saturated heterocycles. The molecule has 0 radical (unpaired) electrons. The van der Waals surface area contributed by atoms with Gasteiger partial charge in [-0.1, -0.05) is 30.3 Å². The average molecular weight is 572 g/mol. The number of benzene rings is 4. The van der Waals surface area contributed by atoms with Crippen molar-refractivity contribution in [3.63, 3.8) is 0 Å². The van der Waals surface area contributed by atoms with Crippen molar-refractivity contribution in [2.75, 3.05) is 0 Å². The Balaban J connectivity index is 1.36. The Hall–Kier alpha value is -6.28. The van der Waals surface area contributed by atoms with Gasteiger partial charge in [-0.25, -0.2) is 15.0 Å². The smallest absolute Gasteiger partial charge is 0.227 e. The lowest BCUT2D eigenvalue weighted by atomic mass is 10.0. The van der Waals surface area contributed by atoms with Gasteiger partial charge in [0, 0.05) is 33.7 Å². The minimum absolute atomic E-state index is 0.522. The van der Waals surface area contributed by atoms with Crippen molar-refractivity contribution in [2.24, 2.45) is 0 Å². The Bertz CT molecular complexity index is 2410. The first-order chi connectivity index (χ1) is 21.8. The van der Waals surface area contributed by atoms with Gasteiger partial charge in [0.2, 0.25) is 17.7 Å². The van der Waals surface area contributed by atoms with Gasteiger partial charge < -0.3 is 17.8 Å². The minimum Gasteiger partial charge on any atom is -0.445 e. The number of oxazole rings is 3. The van der Waals surface area contributed by atoms with Gasteiger partial charge in [0.1, 0.15) is 18.0 Å². The van der Waals surface area contributed by atoms with E-state index in [-0.39, 0.29) is 0 Å². The molecule has 0 amide bonds. The van der Waals surface area contributed by atoms with Crippen LogP contribution in [0.25, 0.3) is 84.2 Å². The molecule has 44 heavy (non-hydrogen) atoms. The number of pyridine rings is 1. The van der Waals surface area contributed by atoms with E-state index in [0.29, 0.717) is 17.7 Å². The zero-order valence-corrected chi connectivity index (χ0v) is 23.1. The highest BCUT2D eigenvalue weighted by molar-refractivity contribution is 6.11. The van der Waals surface area contributed by atoms with E-state index in [1.807, 2.05) is 66.7 Å². The molecule has 0 saturated carbocycles. The zero-order valence-electron chi connectivity index (χ0n) is 23.1. The van der Waals surface area contributed by atoms with Crippen LogP contribution in [0.15, 0.2) is 141 Å². The highest BCUT2D eigenvalue weighted by Gasteiger charge is 2.21. The summed E-state index contributed by atoms with van der Waals surface area (Å²) in [6.07, 6.45) is 8.29. The van der Waals surface area contributed by atoms with Crippen molar-refractivity contribution < 1.29 is 13.3 Å². The fourth-order valence-electron chi connectivity index (χ4n) is 5.86. The largest absolute Gasteiger partial charge is 0.445 e. The lowest BCUT2D eigenvalue weighted by molar-refractivity contribution is 0.574. The lowest BCUT2D eigenvalue weighted by Gasteiger charge is -2.14. The first-order valence-corrected chi connectivity index (χ1v) is 14.1. The van der Waals surface area contributed by atoms with Gasteiger partial charge in [0.05, 0.1) is 40.4 Å². The van der Waals surface area contributed by atoms with E-state index < -0.39 is 0 Å². The zero-order chi connectivity index (χ0) is 29.0. The van der Waals surface area contributed by atoms with Gasteiger partial charge in [0.25, 0.3) is 0 Å². The van der Waals surface area contributed by atoms with Gasteiger partial charge >= 0.3 is 0 Å². The van der Waals surface area contributed by atoms with Gasteiger partial charge in [-0.3, -0.25) is 4.98 Å². The summed E-state index contributed by atoms with van der Waals surface area (Å²) in [4.78, 5) is 18.3. The molecule has 208 valence electrons. The van der Waals surface area contributed by atoms with Crippen LogP contribution in [0.4, 0.5) is 0 Å². The Morgan fingerprint density at radius 3 is 2.16 bits per heavy atom.